The zero-order chi connectivity index (χ0) is 5.98. The highest BCUT2D eigenvalue weighted by atomic mass is 35.5. The van der Waals surface area contributed by atoms with E-state index in [0.29, 0.717) is 0 Å². The fourth-order valence-corrected chi connectivity index (χ4v) is 1.01. The second-order valence-corrected chi connectivity index (χ2v) is 2.12. The van der Waals surface area contributed by atoms with Crippen LogP contribution < -0.4 is 5.32 Å². The zero-order valence-corrected chi connectivity index (χ0v) is 5.36. The Hall–Kier alpha value is -0.210. The molecular formula is C5H9ClN2. The molecule has 0 bridgehead atoms. The number of nitrogens with one attached hydrogen (secondary N) is 1. The summed E-state index contributed by atoms with van der Waals surface area (Å²) in [6.45, 7) is 5.52. The molecule has 1 rings (SSSR count). The third-order valence-corrected chi connectivity index (χ3v) is 1.61. The molecule has 0 amide bonds. The molecule has 1 N–H and O–H groups in total. The summed E-state index contributed by atoms with van der Waals surface area (Å²) in [5, 5.41) is 3.04. The van der Waals surface area contributed by atoms with Crippen LogP contribution >= 0.6 is 11.6 Å². The van der Waals surface area contributed by atoms with E-state index in [1.807, 2.05) is 4.90 Å². The van der Waals surface area contributed by atoms with Crippen molar-refractivity contribution in [3.8, 4) is 0 Å². The standard InChI is InChI=1S/C5H9ClN2/c1-2-8-4-3-7-5(8)6/h2,5,7H,1,3-4H2. The predicted molar refractivity (Wildman–Crippen MR) is 34.5 cm³/mol. The number of halogens is 1. The maximum absolute atomic E-state index is 5.72. The lowest BCUT2D eigenvalue weighted by Crippen LogP contribution is -2.25. The average molecular weight is 133 g/mol. The molecule has 0 aliphatic carbocycles. The van der Waals surface area contributed by atoms with Gasteiger partial charge in [-0.15, -0.1) is 0 Å². The van der Waals surface area contributed by atoms with Crippen LogP contribution in [0.4, 0.5) is 0 Å². The lowest BCUT2D eigenvalue weighted by Gasteiger charge is -2.13. The molecule has 3 heteroatoms. The van der Waals surface area contributed by atoms with E-state index in [9.17, 15) is 0 Å². The van der Waals surface area contributed by atoms with Crippen molar-refractivity contribution in [1.29, 1.82) is 0 Å². The topological polar surface area (TPSA) is 15.3 Å². The molecule has 2 nitrogen and oxygen atoms in total. The molecule has 1 saturated heterocycles. The molecule has 46 valence electrons. The fourth-order valence-electron chi connectivity index (χ4n) is 0.727. The average Bonchev–Trinajstić information content (AvgIpc) is 2.14. The van der Waals surface area contributed by atoms with Gasteiger partial charge in [0, 0.05) is 13.1 Å². The number of rotatable bonds is 1. The minimum Gasteiger partial charge on any atom is -0.349 e. The van der Waals surface area contributed by atoms with Crippen molar-refractivity contribution in [2.75, 3.05) is 13.1 Å². The van der Waals surface area contributed by atoms with Gasteiger partial charge in [0.15, 0.2) is 5.62 Å². The van der Waals surface area contributed by atoms with Crippen LogP contribution in [0.5, 0.6) is 0 Å². The summed E-state index contributed by atoms with van der Waals surface area (Å²) in [4.78, 5) is 1.95. The van der Waals surface area contributed by atoms with Crippen molar-refractivity contribution in [2.24, 2.45) is 0 Å². The van der Waals surface area contributed by atoms with Gasteiger partial charge in [-0.1, -0.05) is 18.2 Å². The number of hydrogen-bond acceptors (Lipinski definition) is 2. The van der Waals surface area contributed by atoms with Crippen molar-refractivity contribution in [1.82, 2.24) is 10.2 Å². The van der Waals surface area contributed by atoms with Gasteiger partial charge >= 0.3 is 0 Å². The van der Waals surface area contributed by atoms with Gasteiger partial charge in [0.25, 0.3) is 0 Å². The quantitative estimate of drug-likeness (QED) is 0.414. The molecule has 1 atom stereocenters. The minimum atomic E-state index is -0.0347. The third kappa shape index (κ3) is 0.956. The van der Waals surface area contributed by atoms with Gasteiger partial charge < -0.3 is 4.90 Å². The molecule has 1 aliphatic rings. The Morgan fingerprint density at radius 2 is 2.62 bits per heavy atom. The summed E-state index contributed by atoms with van der Waals surface area (Å²) in [6, 6.07) is 0. The van der Waals surface area contributed by atoms with Crippen LogP contribution in [0.3, 0.4) is 0 Å². The Kier molecular flexibility index (Phi) is 1.76. The van der Waals surface area contributed by atoms with E-state index < -0.39 is 0 Å². The first kappa shape index (κ1) is 5.92. The molecule has 1 heterocycles. The molecule has 0 aromatic carbocycles. The maximum Gasteiger partial charge on any atom is 0.157 e. The van der Waals surface area contributed by atoms with E-state index in [0.717, 1.165) is 13.1 Å². The molecule has 0 spiro atoms. The summed E-state index contributed by atoms with van der Waals surface area (Å²) in [7, 11) is 0. The zero-order valence-electron chi connectivity index (χ0n) is 4.60. The van der Waals surface area contributed by atoms with Gasteiger partial charge in [-0.3, -0.25) is 5.32 Å². The summed E-state index contributed by atoms with van der Waals surface area (Å²) in [5.74, 6) is 0. The maximum atomic E-state index is 5.72. The minimum absolute atomic E-state index is 0.0347. The Morgan fingerprint density at radius 1 is 1.88 bits per heavy atom. The Morgan fingerprint density at radius 3 is 2.88 bits per heavy atom. The van der Waals surface area contributed by atoms with Crippen molar-refractivity contribution in [2.45, 2.75) is 5.62 Å². The largest absolute Gasteiger partial charge is 0.349 e. The van der Waals surface area contributed by atoms with E-state index in [1.165, 1.54) is 0 Å². The van der Waals surface area contributed by atoms with E-state index in [2.05, 4.69) is 11.9 Å². The lowest BCUT2D eigenvalue weighted by molar-refractivity contribution is 0.423. The Balaban J connectivity index is 2.41. The van der Waals surface area contributed by atoms with Gasteiger partial charge in [-0.05, 0) is 6.20 Å². The Labute approximate surface area is 54.1 Å². The summed E-state index contributed by atoms with van der Waals surface area (Å²) < 4.78 is 0. The van der Waals surface area contributed by atoms with Crippen molar-refractivity contribution < 1.29 is 0 Å². The van der Waals surface area contributed by atoms with Crippen LogP contribution in [0.25, 0.3) is 0 Å². The number of alkyl halides is 1. The smallest absolute Gasteiger partial charge is 0.157 e. The van der Waals surface area contributed by atoms with Gasteiger partial charge in [0.2, 0.25) is 0 Å². The van der Waals surface area contributed by atoms with E-state index in [1.54, 1.807) is 6.20 Å². The van der Waals surface area contributed by atoms with Crippen LogP contribution in [0.2, 0.25) is 0 Å². The van der Waals surface area contributed by atoms with Crippen molar-refractivity contribution in [3.05, 3.63) is 12.8 Å². The van der Waals surface area contributed by atoms with Crippen LogP contribution in [0.15, 0.2) is 12.8 Å². The van der Waals surface area contributed by atoms with E-state index >= 15 is 0 Å². The molecule has 0 aromatic rings. The van der Waals surface area contributed by atoms with E-state index in [-0.39, 0.29) is 5.62 Å². The Bertz CT molecular complexity index is 94.4. The highest BCUT2D eigenvalue weighted by Crippen LogP contribution is 2.05. The predicted octanol–water partition coefficient (Wildman–Crippen LogP) is 0.557. The molecule has 0 radical (unpaired) electrons. The summed E-state index contributed by atoms with van der Waals surface area (Å²) in [5.41, 5.74) is -0.0347. The van der Waals surface area contributed by atoms with Gasteiger partial charge in [-0.25, -0.2) is 0 Å². The van der Waals surface area contributed by atoms with Gasteiger partial charge in [-0.2, -0.15) is 0 Å². The molecule has 1 unspecified atom stereocenters. The van der Waals surface area contributed by atoms with Gasteiger partial charge in [0.05, 0.1) is 0 Å². The van der Waals surface area contributed by atoms with Crippen LogP contribution in [-0.2, 0) is 0 Å². The molecular weight excluding hydrogens is 124 g/mol. The first-order valence-corrected chi connectivity index (χ1v) is 3.04. The second-order valence-electron chi connectivity index (χ2n) is 1.71. The van der Waals surface area contributed by atoms with Crippen LogP contribution in [0, 0.1) is 0 Å². The van der Waals surface area contributed by atoms with Crippen molar-refractivity contribution in [3.63, 3.8) is 0 Å². The lowest BCUT2D eigenvalue weighted by atomic mass is 10.6. The second kappa shape index (κ2) is 2.37. The summed E-state index contributed by atoms with van der Waals surface area (Å²) >= 11 is 5.72. The molecule has 0 aromatic heterocycles. The highest BCUT2D eigenvalue weighted by molar-refractivity contribution is 6.20. The normalized spacial score (nSPS) is 28.6. The molecule has 1 fully saturated rings. The van der Waals surface area contributed by atoms with Crippen molar-refractivity contribution >= 4 is 11.6 Å². The highest BCUT2D eigenvalue weighted by Gasteiger charge is 2.15. The SMILES string of the molecule is C=CN1CCNC1Cl. The first-order chi connectivity index (χ1) is 3.84. The van der Waals surface area contributed by atoms with Crippen LogP contribution in [0.1, 0.15) is 0 Å². The van der Waals surface area contributed by atoms with Gasteiger partial charge in [0.1, 0.15) is 0 Å². The third-order valence-electron chi connectivity index (χ3n) is 1.21. The first-order valence-electron chi connectivity index (χ1n) is 2.60. The van der Waals surface area contributed by atoms with E-state index in [4.69, 9.17) is 11.6 Å². The monoisotopic (exact) mass is 132 g/mol. The fraction of sp³-hybridized carbons (Fsp3) is 0.600. The molecule has 0 saturated carbocycles. The number of hydrogen-bond donors (Lipinski definition) is 1. The van der Waals surface area contributed by atoms with Crippen LogP contribution in [-0.4, -0.2) is 23.6 Å². The summed E-state index contributed by atoms with van der Waals surface area (Å²) in [6.07, 6.45) is 1.75. The number of nitrogens with zero attached hydrogens (tertiary/aromatic N) is 1. The molecule has 8 heavy (non-hydrogen) atoms. The molecule has 1 aliphatic heterocycles.